The smallest absolute Gasteiger partial charge is 0.251 e. The van der Waals surface area contributed by atoms with Crippen LogP contribution in [0, 0.1) is 23.7 Å². The van der Waals surface area contributed by atoms with Crippen molar-refractivity contribution < 1.29 is 45.4 Å². The number of amides is 2. The van der Waals surface area contributed by atoms with Gasteiger partial charge in [-0.1, -0.05) is 53.7 Å². The standard InChI is InChI=1S/2C26H35N3O5S/c2*1-5-35(31,32)23-8-7-22(27-12-23)11-28-26(30)20-6-9-24-21(10-20)14-29(25(24)17(2)3)13-19-15-33-18(4)34-16-19/h2*6-10,12,17-19,25H,5,11,13-16H2,1-4H3,(H,28,30)/t2*18?,19?,25-/m00/s1. The Labute approximate surface area is 414 Å². The lowest BCUT2D eigenvalue weighted by atomic mass is 9.94. The molecule has 0 saturated carbocycles. The molecule has 6 heterocycles. The zero-order valence-corrected chi connectivity index (χ0v) is 43.4. The Kier molecular flexibility index (Phi) is 17.7. The molecular weight excluding hydrogens is 933 g/mol. The number of carbonyl (C=O) groups is 2. The third-order valence-electron chi connectivity index (χ3n) is 13.4. The van der Waals surface area contributed by atoms with Crippen LogP contribution in [0.2, 0.25) is 0 Å². The van der Waals surface area contributed by atoms with E-state index in [4.69, 9.17) is 18.9 Å². The van der Waals surface area contributed by atoms with E-state index in [1.165, 1.54) is 46.8 Å². The number of aromatic nitrogens is 2. The maximum atomic E-state index is 12.9. The summed E-state index contributed by atoms with van der Waals surface area (Å²) in [6, 6.07) is 18.8. The molecule has 0 bridgehead atoms. The highest BCUT2D eigenvalue weighted by Gasteiger charge is 2.37. The van der Waals surface area contributed by atoms with Crippen LogP contribution in [0.3, 0.4) is 0 Å². The molecule has 70 heavy (non-hydrogen) atoms. The summed E-state index contributed by atoms with van der Waals surface area (Å²) in [6.45, 7) is 22.6. The van der Waals surface area contributed by atoms with Crippen molar-refractivity contribution in [1.29, 1.82) is 0 Å². The number of fused-ring (bicyclic) bond motifs is 2. The van der Waals surface area contributed by atoms with Gasteiger partial charge in [-0.25, -0.2) is 16.8 Å². The van der Waals surface area contributed by atoms with Gasteiger partial charge in [-0.15, -0.1) is 0 Å². The van der Waals surface area contributed by atoms with Gasteiger partial charge in [0.05, 0.1) is 72.2 Å². The molecule has 2 aromatic heterocycles. The van der Waals surface area contributed by atoms with Crippen molar-refractivity contribution in [2.24, 2.45) is 23.7 Å². The van der Waals surface area contributed by atoms with E-state index in [-0.39, 0.29) is 58.8 Å². The Balaban J connectivity index is 0.000000206. The lowest BCUT2D eigenvalue weighted by Gasteiger charge is -2.34. The second kappa shape index (κ2) is 23.3. The van der Waals surface area contributed by atoms with Crippen molar-refractivity contribution in [3.05, 3.63) is 118 Å². The first kappa shape index (κ1) is 53.1. The van der Waals surface area contributed by atoms with Gasteiger partial charge in [-0.3, -0.25) is 29.4 Å². The number of hydrogen-bond donors (Lipinski definition) is 2. The van der Waals surface area contributed by atoms with Crippen LogP contribution in [-0.4, -0.2) is 112 Å². The van der Waals surface area contributed by atoms with Gasteiger partial charge >= 0.3 is 0 Å². The molecule has 2 amide bonds. The molecule has 4 aliphatic rings. The minimum absolute atomic E-state index is 0.0274. The quantitative estimate of drug-likeness (QED) is 0.121. The number of nitrogens with one attached hydrogen (secondary N) is 2. The Hall–Kier alpha value is -4.66. The van der Waals surface area contributed by atoms with E-state index in [2.05, 4.69) is 70.2 Å². The molecule has 0 spiro atoms. The molecule has 2 N–H and O–H groups in total. The second-order valence-electron chi connectivity index (χ2n) is 19.4. The summed E-state index contributed by atoms with van der Waals surface area (Å²) in [7, 11) is -6.58. The molecule has 2 saturated heterocycles. The highest BCUT2D eigenvalue weighted by atomic mass is 32.2. The number of nitrogens with zero attached hydrogens (tertiary/aromatic N) is 4. The highest BCUT2D eigenvalue weighted by Crippen LogP contribution is 2.41. The summed E-state index contributed by atoms with van der Waals surface area (Å²) in [5.74, 6) is 1.23. The van der Waals surface area contributed by atoms with E-state index in [9.17, 15) is 26.4 Å². The molecule has 8 rings (SSSR count). The zero-order valence-electron chi connectivity index (χ0n) is 41.7. The molecule has 2 aromatic carbocycles. The van der Waals surface area contributed by atoms with Crippen LogP contribution >= 0.6 is 0 Å². The van der Waals surface area contributed by atoms with Crippen LogP contribution in [0.1, 0.15) is 122 Å². The van der Waals surface area contributed by atoms with Crippen LogP contribution in [0.5, 0.6) is 0 Å². The average molecular weight is 1000 g/mol. The van der Waals surface area contributed by atoms with Gasteiger partial charge in [0.15, 0.2) is 32.3 Å². The molecule has 0 unspecified atom stereocenters. The van der Waals surface area contributed by atoms with Crippen LogP contribution in [0.25, 0.3) is 0 Å². The SMILES string of the molecule is CCS(=O)(=O)c1ccc(CNC(=O)c2ccc3c(c2)CN(CC2COC(C)OC2)[C@H]3C(C)C)nc1.CCS(=O)(=O)c1ccc(CNC(=O)c2ccc3c(c2)CN(CC2COC(C)OC2)[C@H]3C(C)C)nc1. The summed E-state index contributed by atoms with van der Waals surface area (Å²) >= 11 is 0. The van der Waals surface area contributed by atoms with Gasteiger partial charge in [0.1, 0.15) is 0 Å². The maximum absolute atomic E-state index is 12.9. The van der Waals surface area contributed by atoms with Crippen LogP contribution in [0.4, 0.5) is 0 Å². The van der Waals surface area contributed by atoms with Gasteiger partial charge in [0.25, 0.3) is 11.8 Å². The Morgan fingerprint density at radius 2 is 0.971 bits per heavy atom. The number of carbonyl (C=O) groups excluding carboxylic acids is 2. The second-order valence-corrected chi connectivity index (χ2v) is 24.0. The lowest BCUT2D eigenvalue weighted by Crippen LogP contribution is -2.39. The lowest BCUT2D eigenvalue weighted by molar-refractivity contribution is -0.193. The van der Waals surface area contributed by atoms with Crippen molar-refractivity contribution in [3.8, 4) is 0 Å². The zero-order chi connectivity index (χ0) is 50.3. The Morgan fingerprint density at radius 1 is 0.600 bits per heavy atom. The molecule has 18 heteroatoms. The van der Waals surface area contributed by atoms with E-state index >= 15 is 0 Å². The molecule has 2 atom stereocenters. The van der Waals surface area contributed by atoms with Gasteiger partial charge in [0, 0.05) is 73.6 Å². The largest absolute Gasteiger partial charge is 0.353 e. The summed E-state index contributed by atoms with van der Waals surface area (Å²) in [6.07, 6.45) is 2.42. The fourth-order valence-corrected chi connectivity index (χ4v) is 11.4. The van der Waals surface area contributed by atoms with Crippen molar-refractivity contribution in [3.63, 3.8) is 0 Å². The minimum Gasteiger partial charge on any atom is -0.353 e. The first-order valence-corrected chi connectivity index (χ1v) is 27.8. The average Bonchev–Trinajstić information content (AvgIpc) is 3.91. The molecule has 0 radical (unpaired) electrons. The Morgan fingerprint density at radius 3 is 1.29 bits per heavy atom. The van der Waals surface area contributed by atoms with Gasteiger partial charge in [-0.2, -0.15) is 0 Å². The molecule has 0 aliphatic carbocycles. The van der Waals surface area contributed by atoms with Crippen molar-refractivity contribution in [2.75, 3.05) is 51.0 Å². The van der Waals surface area contributed by atoms with Gasteiger partial charge in [-0.05, 0) is 96.5 Å². The predicted octanol–water partition coefficient (Wildman–Crippen LogP) is 6.65. The van der Waals surface area contributed by atoms with Crippen LogP contribution in [-0.2, 0) is 64.8 Å². The summed E-state index contributed by atoms with van der Waals surface area (Å²) < 4.78 is 70.5. The predicted molar refractivity (Wildman–Crippen MR) is 265 cm³/mol. The minimum atomic E-state index is -3.29. The third kappa shape index (κ3) is 13.1. The fourth-order valence-electron chi connectivity index (χ4n) is 9.72. The molecule has 4 aliphatic heterocycles. The topological polar surface area (TPSA) is 196 Å². The molecular formula is C52H70N6O10S2. The molecule has 4 aromatic rings. The summed E-state index contributed by atoms with van der Waals surface area (Å²) in [5.41, 5.74) is 7.32. The van der Waals surface area contributed by atoms with E-state index < -0.39 is 19.7 Å². The number of hydrogen-bond acceptors (Lipinski definition) is 14. The van der Waals surface area contributed by atoms with Gasteiger partial charge in [0.2, 0.25) is 0 Å². The van der Waals surface area contributed by atoms with Crippen LogP contribution in [0.15, 0.2) is 82.8 Å². The maximum Gasteiger partial charge on any atom is 0.251 e. The normalized spacial score (nSPS) is 22.8. The number of benzene rings is 2. The number of ether oxygens (including phenoxy) is 4. The number of sulfone groups is 2. The van der Waals surface area contributed by atoms with Crippen molar-refractivity contribution in [1.82, 2.24) is 30.4 Å². The van der Waals surface area contributed by atoms with Crippen molar-refractivity contribution in [2.45, 2.75) is 116 Å². The fraction of sp³-hybridized carbons (Fsp3) is 0.538. The van der Waals surface area contributed by atoms with E-state index in [1.54, 1.807) is 26.0 Å². The monoisotopic (exact) mass is 1000 g/mol. The first-order chi connectivity index (χ1) is 33.3. The number of rotatable bonds is 16. The Bertz CT molecular complexity index is 2470. The van der Waals surface area contributed by atoms with Crippen LogP contribution < -0.4 is 10.6 Å². The summed E-state index contributed by atoms with van der Waals surface area (Å²) in [5, 5.41) is 5.79. The van der Waals surface area contributed by atoms with Crippen molar-refractivity contribution >= 4 is 31.5 Å². The molecule has 2 fully saturated rings. The van der Waals surface area contributed by atoms with Gasteiger partial charge < -0.3 is 29.6 Å². The molecule has 16 nitrogen and oxygen atoms in total. The summed E-state index contributed by atoms with van der Waals surface area (Å²) in [4.78, 5) is 39.4. The van der Waals surface area contributed by atoms with E-state index in [0.29, 0.717) is 84.7 Å². The highest BCUT2D eigenvalue weighted by molar-refractivity contribution is 7.91. The molecule has 380 valence electrons. The number of pyridine rings is 2. The van der Waals surface area contributed by atoms with E-state index in [1.807, 2.05) is 38.1 Å². The first-order valence-electron chi connectivity index (χ1n) is 24.5. The van der Waals surface area contributed by atoms with E-state index in [0.717, 1.165) is 26.2 Å². The third-order valence-corrected chi connectivity index (χ3v) is 16.9.